The number of anilines is 2. The smallest absolute Gasteiger partial charge is 0.251 e. The van der Waals surface area contributed by atoms with Crippen LogP contribution in [-0.2, 0) is 13.1 Å². The summed E-state index contributed by atoms with van der Waals surface area (Å²) in [6.07, 6.45) is 3.18. The number of carbonyl (C=O) groups excluding carboxylic acids is 2. The van der Waals surface area contributed by atoms with E-state index in [1.54, 1.807) is 35.0 Å². The summed E-state index contributed by atoms with van der Waals surface area (Å²) < 4.78 is 7.10. The lowest BCUT2D eigenvalue weighted by Crippen LogP contribution is -2.22. The molecule has 6 aromatic rings. The Morgan fingerprint density at radius 1 is 0.976 bits per heavy atom. The maximum Gasteiger partial charge on any atom is 0.251 e. The second kappa shape index (κ2) is 10.0. The lowest BCUT2D eigenvalue weighted by molar-refractivity contribution is 0.0946. The van der Waals surface area contributed by atoms with Crippen LogP contribution < -0.4 is 16.0 Å². The van der Waals surface area contributed by atoms with Crippen LogP contribution in [-0.4, -0.2) is 36.6 Å². The first-order valence-electron chi connectivity index (χ1n) is 12.9. The molecule has 4 heterocycles. The summed E-state index contributed by atoms with van der Waals surface area (Å²) in [6, 6.07) is 24.2. The molecule has 7 rings (SSSR count). The number of hydrogen-bond acceptors (Lipinski definition) is 8. The van der Waals surface area contributed by atoms with Crippen LogP contribution in [0.1, 0.15) is 32.0 Å². The van der Waals surface area contributed by atoms with E-state index in [0.29, 0.717) is 40.6 Å². The van der Waals surface area contributed by atoms with Crippen LogP contribution in [0.4, 0.5) is 11.5 Å². The Kier molecular flexibility index (Phi) is 5.93. The Bertz CT molecular complexity index is 1910. The minimum atomic E-state index is -0.227. The zero-order valence-electron chi connectivity index (χ0n) is 21.5. The molecule has 2 amide bonds. The minimum Gasteiger partial charge on any atom is -0.356 e. The van der Waals surface area contributed by atoms with Gasteiger partial charge in [-0.1, -0.05) is 41.6 Å². The highest BCUT2D eigenvalue weighted by molar-refractivity contribution is 5.99. The molecule has 0 unspecified atom stereocenters. The molecule has 0 saturated heterocycles. The summed E-state index contributed by atoms with van der Waals surface area (Å²) >= 11 is 0. The van der Waals surface area contributed by atoms with Gasteiger partial charge in [0.25, 0.3) is 11.8 Å². The van der Waals surface area contributed by atoms with Crippen molar-refractivity contribution in [3.63, 3.8) is 0 Å². The highest BCUT2D eigenvalue weighted by Gasteiger charge is 2.20. The van der Waals surface area contributed by atoms with Crippen molar-refractivity contribution in [1.82, 2.24) is 35.4 Å². The zero-order chi connectivity index (χ0) is 27.8. The van der Waals surface area contributed by atoms with E-state index in [1.165, 1.54) is 6.33 Å². The van der Waals surface area contributed by atoms with Crippen LogP contribution in [0.3, 0.4) is 0 Å². The second-order valence-electron chi connectivity index (χ2n) is 9.48. The van der Waals surface area contributed by atoms with Crippen LogP contribution in [0.25, 0.3) is 28.2 Å². The van der Waals surface area contributed by atoms with Gasteiger partial charge in [0.05, 0.1) is 18.4 Å². The van der Waals surface area contributed by atoms with Gasteiger partial charge in [-0.2, -0.15) is 5.10 Å². The molecule has 0 spiro atoms. The molecule has 0 radical (unpaired) electrons. The second-order valence-corrected chi connectivity index (χ2v) is 9.48. The highest BCUT2D eigenvalue weighted by atomic mass is 16.5. The largest absolute Gasteiger partial charge is 0.356 e. The van der Waals surface area contributed by atoms with Gasteiger partial charge in [-0.05, 0) is 42.0 Å². The number of amides is 2. The van der Waals surface area contributed by atoms with Gasteiger partial charge in [0, 0.05) is 40.6 Å². The third-order valence-electron chi connectivity index (χ3n) is 6.85. The minimum absolute atomic E-state index is 0.0639. The van der Waals surface area contributed by atoms with Crippen molar-refractivity contribution in [2.45, 2.75) is 13.1 Å². The topological polar surface area (TPSA) is 139 Å². The Hall–Kier alpha value is -5.84. The van der Waals surface area contributed by atoms with Gasteiger partial charge < -0.3 is 20.5 Å². The molecule has 11 nitrogen and oxygen atoms in total. The molecule has 1 aliphatic rings. The zero-order valence-corrected chi connectivity index (χ0v) is 21.5. The molecule has 0 fully saturated rings. The molecular formula is C30H22N8O3. The maximum absolute atomic E-state index is 12.7. The van der Waals surface area contributed by atoms with Gasteiger partial charge in [0.2, 0.25) is 0 Å². The van der Waals surface area contributed by atoms with Crippen LogP contribution in [0.15, 0.2) is 95.9 Å². The predicted molar refractivity (Wildman–Crippen MR) is 150 cm³/mol. The fourth-order valence-corrected chi connectivity index (χ4v) is 4.74. The fourth-order valence-electron chi connectivity index (χ4n) is 4.74. The van der Waals surface area contributed by atoms with E-state index in [1.807, 2.05) is 54.6 Å². The number of nitrogens with one attached hydrogen (secondary N) is 3. The summed E-state index contributed by atoms with van der Waals surface area (Å²) in [5, 5.41) is 17.4. The van der Waals surface area contributed by atoms with Crippen molar-refractivity contribution in [2.75, 3.05) is 5.32 Å². The van der Waals surface area contributed by atoms with Gasteiger partial charge in [-0.25, -0.2) is 14.5 Å². The lowest BCUT2D eigenvalue weighted by atomic mass is 10.0. The molecule has 0 saturated carbocycles. The molecule has 0 atom stereocenters. The molecule has 3 N–H and O–H groups in total. The number of nitrogens with zero attached hydrogens (tertiary/aromatic N) is 5. The van der Waals surface area contributed by atoms with E-state index in [0.717, 1.165) is 28.1 Å². The summed E-state index contributed by atoms with van der Waals surface area (Å²) in [4.78, 5) is 33.6. The molecule has 200 valence electrons. The number of carbonyl (C=O) groups is 2. The van der Waals surface area contributed by atoms with E-state index in [-0.39, 0.29) is 18.4 Å². The Balaban J connectivity index is 1.03. The van der Waals surface area contributed by atoms with Gasteiger partial charge >= 0.3 is 0 Å². The first-order chi connectivity index (χ1) is 20.1. The van der Waals surface area contributed by atoms with Gasteiger partial charge in [0.15, 0.2) is 17.2 Å². The summed E-state index contributed by atoms with van der Waals surface area (Å²) in [7, 11) is 0. The SMILES string of the molecule is O=C(NCc1cc(-c2ccccc2)on1)c1ccc(Nc2ncc(-c3ccc4c(c3)CNC4=O)n3ncnc23)cc1. The average Bonchev–Trinajstić information content (AvgIpc) is 3.78. The van der Waals surface area contributed by atoms with E-state index in [4.69, 9.17) is 4.52 Å². The maximum atomic E-state index is 12.7. The normalized spacial score (nSPS) is 12.2. The Morgan fingerprint density at radius 3 is 2.68 bits per heavy atom. The average molecular weight is 543 g/mol. The Labute approximate surface area is 233 Å². The van der Waals surface area contributed by atoms with Crippen molar-refractivity contribution in [3.8, 4) is 22.6 Å². The first-order valence-corrected chi connectivity index (χ1v) is 12.9. The van der Waals surface area contributed by atoms with E-state index in [9.17, 15) is 9.59 Å². The van der Waals surface area contributed by atoms with E-state index < -0.39 is 0 Å². The molecule has 11 heteroatoms. The molecule has 41 heavy (non-hydrogen) atoms. The summed E-state index contributed by atoms with van der Waals surface area (Å²) in [5.41, 5.74) is 6.58. The van der Waals surface area contributed by atoms with Crippen molar-refractivity contribution < 1.29 is 14.1 Å². The third kappa shape index (κ3) is 4.65. The molecule has 0 bridgehead atoms. The van der Waals surface area contributed by atoms with E-state index >= 15 is 0 Å². The quantitative estimate of drug-likeness (QED) is 0.270. The van der Waals surface area contributed by atoms with Gasteiger partial charge in [-0.15, -0.1) is 0 Å². The molecule has 3 aromatic heterocycles. The molecule has 0 aliphatic carbocycles. The van der Waals surface area contributed by atoms with Gasteiger partial charge in [0.1, 0.15) is 12.0 Å². The van der Waals surface area contributed by atoms with Crippen LogP contribution in [0, 0.1) is 0 Å². The Morgan fingerprint density at radius 2 is 1.83 bits per heavy atom. The van der Waals surface area contributed by atoms with Crippen LogP contribution in [0.2, 0.25) is 0 Å². The summed E-state index contributed by atoms with van der Waals surface area (Å²) in [6.45, 7) is 0.742. The van der Waals surface area contributed by atoms with E-state index in [2.05, 4.69) is 36.2 Å². The van der Waals surface area contributed by atoms with Crippen molar-refractivity contribution in [3.05, 3.63) is 114 Å². The number of rotatable bonds is 7. The van der Waals surface area contributed by atoms with Crippen molar-refractivity contribution in [2.24, 2.45) is 0 Å². The molecule has 1 aliphatic heterocycles. The van der Waals surface area contributed by atoms with Crippen LogP contribution >= 0.6 is 0 Å². The van der Waals surface area contributed by atoms with Crippen LogP contribution in [0.5, 0.6) is 0 Å². The monoisotopic (exact) mass is 542 g/mol. The van der Waals surface area contributed by atoms with Crippen molar-refractivity contribution >= 4 is 29.0 Å². The highest BCUT2D eigenvalue weighted by Crippen LogP contribution is 2.28. The predicted octanol–water partition coefficient (Wildman–Crippen LogP) is 4.36. The molecular weight excluding hydrogens is 520 g/mol. The van der Waals surface area contributed by atoms with Crippen molar-refractivity contribution in [1.29, 1.82) is 0 Å². The third-order valence-corrected chi connectivity index (χ3v) is 6.85. The summed E-state index contributed by atoms with van der Waals surface area (Å²) in [5.74, 6) is 0.872. The standard InChI is InChI=1S/C30H22N8O3/c39-29(33-15-23-13-26(41-37-23)18-4-2-1-3-5-18)19-6-9-22(10-7-19)36-27-28-34-17-35-38(28)25(16-31-27)20-8-11-24-21(12-20)14-32-30(24)40/h1-13,16-17H,14-15H2,(H,31,36)(H,32,40)(H,33,39). The number of fused-ring (bicyclic) bond motifs is 2. The number of hydrogen-bond donors (Lipinski definition) is 3. The number of aromatic nitrogens is 5. The number of benzene rings is 3. The lowest BCUT2D eigenvalue weighted by Gasteiger charge is -2.11. The molecule has 3 aromatic carbocycles. The van der Waals surface area contributed by atoms with Gasteiger partial charge in [-0.3, -0.25) is 9.59 Å². The fraction of sp³-hybridized carbons (Fsp3) is 0.0667. The first kappa shape index (κ1) is 24.2.